The lowest BCUT2D eigenvalue weighted by Gasteiger charge is -1.94. The number of nitrogens with two attached hydrogens (primary N) is 3. The SMILES string of the molecule is NCCO.NCCO.NCCO.OCCNCCO. The molecule has 0 aromatic rings. The van der Waals surface area contributed by atoms with E-state index in [1.54, 1.807) is 0 Å². The first kappa shape index (κ1) is 27.1. The summed E-state index contributed by atoms with van der Waals surface area (Å²) in [5.41, 5.74) is 14.3. The third-order valence-electron chi connectivity index (χ3n) is 0.964. The zero-order chi connectivity index (χ0) is 15.8. The van der Waals surface area contributed by atoms with Gasteiger partial charge in [-0.15, -0.1) is 0 Å². The van der Waals surface area contributed by atoms with E-state index in [4.69, 9.17) is 42.7 Å². The minimum atomic E-state index is 0.0972. The van der Waals surface area contributed by atoms with Gasteiger partial charge in [-0.05, 0) is 0 Å². The van der Waals surface area contributed by atoms with Gasteiger partial charge in [0.1, 0.15) is 0 Å². The summed E-state index contributed by atoms with van der Waals surface area (Å²) >= 11 is 0. The first-order valence-corrected chi connectivity index (χ1v) is 6.01. The summed E-state index contributed by atoms with van der Waals surface area (Å²) in [5, 5.41) is 42.3. The fourth-order valence-corrected chi connectivity index (χ4v) is 0.283. The Balaban J connectivity index is -0.0000000825. The van der Waals surface area contributed by atoms with Gasteiger partial charge in [0.05, 0.1) is 33.0 Å². The zero-order valence-electron chi connectivity index (χ0n) is 11.5. The minimum Gasteiger partial charge on any atom is -0.395 e. The van der Waals surface area contributed by atoms with Crippen LogP contribution in [-0.2, 0) is 0 Å². The Kier molecular flexibility index (Phi) is 61.5. The summed E-state index contributed by atoms with van der Waals surface area (Å²) in [7, 11) is 0. The van der Waals surface area contributed by atoms with Crippen LogP contribution in [0.25, 0.3) is 0 Å². The van der Waals surface area contributed by atoms with Crippen LogP contribution in [0.4, 0.5) is 0 Å². The highest BCUT2D eigenvalue weighted by molar-refractivity contribution is 4.39. The van der Waals surface area contributed by atoms with E-state index in [0.717, 1.165) is 0 Å². The van der Waals surface area contributed by atoms with E-state index in [1.165, 1.54) is 0 Å². The van der Waals surface area contributed by atoms with Crippen LogP contribution in [-0.4, -0.2) is 91.3 Å². The molecule has 0 aliphatic rings. The smallest absolute Gasteiger partial charge is 0.0555 e. The molecule has 0 aromatic carbocycles. The van der Waals surface area contributed by atoms with Gasteiger partial charge in [0.15, 0.2) is 0 Å². The fourth-order valence-electron chi connectivity index (χ4n) is 0.283. The van der Waals surface area contributed by atoms with Crippen molar-refractivity contribution in [3.63, 3.8) is 0 Å². The largest absolute Gasteiger partial charge is 0.395 e. The molecule has 9 nitrogen and oxygen atoms in total. The van der Waals surface area contributed by atoms with Gasteiger partial charge in [-0.3, -0.25) is 0 Å². The first-order valence-electron chi connectivity index (χ1n) is 6.01. The van der Waals surface area contributed by atoms with Gasteiger partial charge < -0.3 is 48.1 Å². The maximum Gasteiger partial charge on any atom is 0.0555 e. The maximum atomic E-state index is 8.15. The van der Waals surface area contributed by atoms with E-state index >= 15 is 0 Å². The van der Waals surface area contributed by atoms with Gasteiger partial charge >= 0.3 is 0 Å². The normalized spacial score (nSPS) is 8.21. The molecule has 122 valence electrons. The second kappa shape index (κ2) is 43.1. The molecule has 0 saturated carbocycles. The van der Waals surface area contributed by atoms with Crippen molar-refractivity contribution in [3.05, 3.63) is 0 Å². The molecule has 0 fully saturated rings. The molecule has 0 spiro atoms. The average molecular weight is 288 g/mol. The van der Waals surface area contributed by atoms with Crippen LogP contribution in [0.1, 0.15) is 0 Å². The summed E-state index contributed by atoms with van der Waals surface area (Å²) in [6.07, 6.45) is 0. The average Bonchev–Trinajstić information content (AvgIpc) is 2.48. The lowest BCUT2D eigenvalue weighted by molar-refractivity contribution is 0.266. The molecule has 0 aliphatic carbocycles. The molecule has 0 radical (unpaired) electrons. The van der Waals surface area contributed by atoms with Crippen molar-refractivity contribution >= 4 is 0 Å². The van der Waals surface area contributed by atoms with Crippen LogP contribution in [0, 0.1) is 0 Å². The second-order valence-electron chi connectivity index (χ2n) is 2.73. The number of hydrogen-bond donors (Lipinski definition) is 9. The molecule has 19 heavy (non-hydrogen) atoms. The number of aliphatic hydroxyl groups is 5. The Labute approximate surface area is 115 Å². The van der Waals surface area contributed by atoms with Gasteiger partial charge in [-0.2, -0.15) is 0 Å². The highest BCUT2D eigenvalue weighted by Crippen LogP contribution is 1.54. The summed E-state index contributed by atoms with van der Waals surface area (Å²) in [4.78, 5) is 0. The standard InChI is InChI=1S/C4H11NO2.3C2H7NO/c6-3-1-5-2-4-7;3*3-1-2-4/h5-7H,1-4H2;3*4H,1-3H2. The molecule has 0 saturated heterocycles. The molecule has 0 unspecified atom stereocenters. The molecule has 0 atom stereocenters. The highest BCUT2D eigenvalue weighted by Gasteiger charge is 1.78. The predicted octanol–water partition coefficient (Wildman–Crippen LogP) is -4.63. The fraction of sp³-hybridized carbons (Fsp3) is 1.00. The van der Waals surface area contributed by atoms with Crippen LogP contribution < -0.4 is 22.5 Å². The lowest BCUT2D eigenvalue weighted by Crippen LogP contribution is -2.21. The molecule has 0 bridgehead atoms. The Morgan fingerprint density at radius 3 is 0.842 bits per heavy atom. The third kappa shape index (κ3) is 97.9. The number of hydrogen-bond acceptors (Lipinski definition) is 9. The Hall–Kier alpha value is -0.360. The van der Waals surface area contributed by atoms with E-state index in [0.29, 0.717) is 32.7 Å². The number of aliphatic hydroxyl groups excluding tert-OH is 5. The minimum absolute atomic E-state index is 0.0972. The molecule has 12 N–H and O–H groups in total. The van der Waals surface area contributed by atoms with Gasteiger partial charge in [0.2, 0.25) is 0 Å². The Morgan fingerprint density at radius 2 is 0.737 bits per heavy atom. The molecular formula is C10H32N4O5. The van der Waals surface area contributed by atoms with E-state index in [-0.39, 0.29) is 33.0 Å². The molecule has 0 amide bonds. The van der Waals surface area contributed by atoms with Crippen molar-refractivity contribution < 1.29 is 25.5 Å². The van der Waals surface area contributed by atoms with E-state index in [1.807, 2.05) is 0 Å². The summed E-state index contributed by atoms with van der Waals surface area (Å²) in [5.74, 6) is 0. The van der Waals surface area contributed by atoms with E-state index < -0.39 is 0 Å². The molecule has 0 aromatic heterocycles. The predicted molar refractivity (Wildman–Crippen MR) is 75.5 cm³/mol. The van der Waals surface area contributed by atoms with Crippen molar-refractivity contribution in [2.24, 2.45) is 17.2 Å². The third-order valence-corrected chi connectivity index (χ3v) is 0.964. The topological polar surface area (TPSA) is 191 Å². The van der Waals surface area contributed by atoms with Crippen LogP contribution in [0.3, 0.4) is 0 Å². The van der Waals surface area contributed by atoms with Gasteiger partial charge in [0.25, 0.3) is 0 Å². The van der Waals surface area contributed by atoms with Gasteiger partial charge in [-0.1, -0.05) is 0 Å². The van der Waals surface area contributed by atoms with Crippen molar-refractivity contribution in [2.45, 2.75) is 0 Å². The summed E-state index contributed by atoms with van der Waals surface area (Å²) in [6.45, 7) is 2.83. The molecule has 0 aliphatic heterocycles. The second-order valence-corrected chi connectivity index (χ2v) is 2.73. The molecule has 0 heterocycles. The molecular weight excluding hydrogens is 256 g/mol. The number of nitrogens with one attached hydrogen (secondary N) is 1. The van der Waals surface area contributed by atoms with Gasteiger partial charge in [0, 0.05) is 32.7 Å². The van der Waals surface area contributed by atoms with Crippen molar-refractivity contribution in [3.8, 4) is 0 Å². The lowest BCUT2D eigenvalue weighted by atomic mass is 10.6. The van der Waals surface area contributed by atoms with Crippen molar-refractivity contribution in [2.75, 3.05) is 65.8 Å². The number of rotatable bonds is 7. The monoisotopic (exact) mass is 288 g/mol. The quantitative estimate of drug-likeness (QED) is 0.207. The van der Waals surface area contributed by atoms with E-state index in [2.05, 4.69) is 5.32 Å². The Morgan fingerprint density at radius 1 is 0.526 bits per heavy atom. The van der Waals surface area contributed by atoms with Crippen LogP contribution in [0.15, 0.2) is 0 Å². The van der Waals surface area contributed by atoms with Crippen molar-refractivity contribution in [1.29, 1.82) is 0 Å². The van der Waals surface area contributed by atoms with Crippen LogP contribution in [0.5, 0.6) is 0 Å². The maximum absolute atomic E-state index is 8.15. The van der Waals surface area contributed by atoms with Gasteiger partial charge in [-0.25, -0.2) is 0 Å². The van der Waals surface area contributed by atoms with Crippen LogP contribution >= 0.6 is 0 Å². The Bertz CT molecular complexity index is 84.5. The van der Waals surface area contributed by atoms with Crippen molar-refractivity contribution in [1.82, 2.24) is 5.32 Å². The zero-order valence-corrected chi connectivity index (χ0v) is 11.5. The molecule has 0 rings (SSSR count). The van der Waals surface area contributed by atoms with Crippen LogP contribution in [0.2, 0.25) is 0 Å². The summed E-state index contributed by atoms with van der Waals surface area (Å²) < 4.78 is 0. The summed E-state index contributed by atoms with van der Waals surface area (Å²) in [6, 6.07) is 0. The molecule has 9 heteroatoms. The first-order chi connectivity index (χ1) is 9.16. The highest BCUT2D eigenvalue weighted by atomic mass is 16.3. The van der Waals surface area contributed by atoms with E-state index in [9.17, 15) is 0 Å².